The van der Waals surface area contributed by atoms with E-state index in [9.17, 15) is 0 Å². The monoisotopic (exact) mass is 366 g/mol. The summed E-state index contributed by atoms with van der Waals surface area (Å²) in [5.74, 6) is 2.35. The first-order valence-corrected chi connectivity index (χ1v) is 9.01. The Morgan fingerprint density at radius 2 is 1.96 bits per heavy atom. The second-order valence-electron chi connectivity index (χ2n) is 6.14. The van der Waals surface area contributed by atoms with Gasteiger partial charge in [0.1, 0.15) is 17.6 Å². The zero-order chi connectivity index (χ0) is 19.2. The van der Waals surface area contributed by atoms with Crippen molar-refractivity contribution in [1.29, 1.82) is 0 Å². The van der Waals surface area contributed by atoms with E-state index in [-0.39, 0.29) is 6.10 Å². The third kappa shape index (κ3) is 9.48. The molecular formula is C19H34N4O3. The molecule has 26 heavy (non-hydrogen) atoms. The van der Waals surface area contributed by atoms with Crippen molar-refractivity contribution >= 4 is 5.96 Å². The molecule has 7 nitrogen and oxygen atoms in total. The van der Waals surface area contributed by atoms with E-state index in [0.717, 1.165) is 50.1 Å². The first-order valence-electron chi connectivity index (χ1n) is 9.01. The number of likely N-dealkylation sites (N-methyl/N-ethyl adjacent to an activating group) is 1. The van der Waals surface area contributed by atoms with E-state index in [0.29, 0.717) is 6.54 Å². The lowest BCUT2D eigenvalue weighted by atomic mass is 10.3. The summed E-state index contributed by atoms with van der Waals surface area (Å²) in [7, 11) is 7.26. The van der Waals surface area contributed by atoms with Gasteiger partial charge in [-0.3, -0.25) is 4.99 Å². The minimum absolute atomic E-state index is 0.00243. The lowest BCUT2D eigenvalue weighted by Crippen LogP contribution is -2.44. The number of nitrogens with one attached hydrogen (secondary N) is 2. The number of hydrogen-bond acceptors (Lipinski definition) is 5. The molecule has 0 aliphatic carbocycles. The van der Waals surface area contributed by atoms with Crippen molar-refractivity contribution in [2.45, 2.75) is 19.4 Å². The normalized spacial score (nSPS) is 12.8. The van der Waals surface area contributed by atoms with Crippen LogP contribution in [0.2, 0.25) is 0 Å². The van der Waals surface area contributed by atoms with Crippen LogP contribution in [0.3, 0.4) is 0 Å². The highest BCUT2D eigenvalue weighted by Gasteiger charge is 2.07. The van der Waals surface area contributed by atoms with Crippen molar-refractivity contribution in [2.75, 3.05) is 61.1 Å². The Balaban J connectivity index is 2.26. The summed E-state index contributed by atoms with van der Waals surface area (Å²) in [6.07, 6.45) is 1.04. The minimum Gasteiger partial charge on any atom is -0.497 e. The van der Waals surface area contributed by atoms with Gasteiger partial charge in [-0.1, -0.05) is 6.07 Å². The summed E-state index contributed by atoms with van der Waals surface area (Å²) >= 11 is 0. The summed E-state index contributed by atoms with van der Waals surface area (Å²) in [6.45, 7) is 6.26. The molecular weight excluding hydrogens is 332 g/mol. The van der Waals surface area contributed by atoms with Crippen LogP contribution in [-0.2, 0) is 4.74 Å². The van der Waals surface area contributed by atoms with E-state index < -0.39 is 0 Å². The molecule has 0 aliphatic rings. The lowest BCUT2D eigenvalue weighted by molar-refractivity contribution is 0.180. The van der Waals surface area contributed by atoms with Crippen LogP contribution in [0.1, 0.15) is 13.3 Å². The molecule has 0 fully saturated rings. The van der Waals surface area contributed by atoms with Crippen LogP contribution >= 0.6 is 0 Å². The average molecular weight is 367 g/mol. The standard InChI is InChI=1S/C19H34N4O3/c1-16(26-18-9-6-8-17(14-18)25-5)15-22-19(20-2)21-10-12-23(3)11-7-13-24-4/h6,8-9,14,16H,7,10-13,15H2,1-5H3,(H2,20,21,22). The van der Waals surface area contributed by atoms with Gasteiger partial charge in [0, 0.05) is 46.5 Å². The molecule has 1 unspecified atom stereocenters. The highest BCUT2D eigenvalue weighted by molar-refractivity contribution is 5.79. The quantitative estimate of drug-likeness (QED) is 0.333. The summed E-state index contributed by atoms with van der Waals surface area (Å²) in [6, 6.07) is 7.61. The van der Waals surface area contributed by atoms with Gasteiger partial charge >= 0.3 is 0 Å². The smallest absolute Gasteiger partial charge is 0.191 e. The summed E-state index contributed by atoms with van der Waals surface area (Å²) in [5, 5.41) is 6.61. The lowest BCUT2D eigenvalue weighted by Gasteiger charge is -2.20. The van der Waals surface area contributed by atoms with Gasteiger partial charge in [-0.2, -0.15) is 0 Å². The Labute approximate surface area is 157 Å². The topological polar surface area (TPSA) is 67.4 Å². The molecule has 0 aromatic heterocycles. The molecule has 7 heteroatoms. The molecule has 0 heterocycles. The Kier molecular flexibility index (Phi) is 11.2. The molecule has 0 amide bonds. The fourth-order valence-corrected chi connectivity index (χ4v) is 2.37. The van der Waals surface area contributed by atoms with Crippen molar-refractivity contribution in [3.8, 4) is 11.5 Å². The average Bonchev–Trinajstić information content (AvgIpc) is 2.64. The summed E-state index contributed by atoms with van der Waals surface area (Å²) < 4.78 is 16.2. The number of methoxy groups -OCH3 is 2. The van der Waals surface area contributed by atoms with Crippen LogP contribution in [0, 0.1) is 0 Å². The fourth-order valence-electron chi connectivity index (χ4n) is 2.37. The van der Waals surface area contributed by atoms with Gasteiger partial charge in [0.25, 0.3) is 0 Å². The van der Waals surface area contributed by atoms with E-state index in [1.807, 2.05) is 31.2 Å². The van der Waals surface area contributed by atoms with Crippen LogP contribution in [0.5, 0.6) is 11.5 Å². The maximum absolute atomic E-state index is 5.90. The van der Waals surface area contributed by atoms with Gasteiger partial charge in [0.15, 0.2) is 5.96 Å². The van der Waals surface area contributed by atoms with Crippen molar-refractivity contribution in [1.82, 2.24) is 15.5 Å². The van der Waals surface area contributed by atoms with E-state index in [4.69, 9.17) is 14.2 Å². The van der Waals surface area contributed by atoms with E-state index >= 15 is 0 Å². The fraction of sp³-hybridized carbons (Fsp3) is 0.632. The van der Waals surface area contributed by atoms with Gasteiger partial charge in [0.2, 0.25) is 0 Å². The first kappa shape index (κ1) is 22.1. The van der Waals surface area contributed by atoms with Crippen molar-refractivity contribution < 1.29 is 14.2 Å². The van der Waals surface area contributed by atoms with Gasteiger partial charge in [-0.05, 0) is 32.5 Å². The number of guanidine groups is 1. The largest absolute Gasteiger partial charge is 0.497 e. The van der Waals surface area contributed by atoms with Crippen LogP contribution < -0.4 is 20.1 Å². The summed E-state index contributed by atoms with van der Waals surface area (Å²) in [5.41, 5.74) is 0. The molecule has 0 aliphatic heterocycles. The number of hydrogen-bond donors (Lipinski definition) is 2. The number of nitrogens with zero attached hydrogens (tertiary/aromatic N) is 2. The molecule has 0 bridgehead atoms. The van der Waals surface area contributed by atoms with E-state index in [1.165, 1.54) is 0 Å². The zero-order valence-electron chi connectivity index (χ0n) is 16.7. The molecule has 0 spiro atoms. The molecule has 1 aromatic carbocycles. The van der Waals surface area contributed by atoms with Gasteiger partial charge in [-0.15, -0.1) is 0 Å². The summed E-state index contributed by atoms with van der Waals surface area (Å²) in [4.78, 5) is 6.52. The molecule has 0 saturated carbocycles. The van der Waals surface area contributed by atoms with Gasteiger partial charge < -0.3 is 29.7 Å². The van der Waals surface area contributed by atoms with E-state index in [2.05, 4.69) is 27.6 Å². The first-order chi connectivity index (χ1) is 12.6. The van der Waals surface area contributed by atoms with Gasteiger partial charge in [0.05, 0.1) is 13.7 Å². The molecule has 0 radical (unpaired) electrons. The maximum Gasteiger partial charge on any atom is 0.191 e. The van der Waals surface area contributed by atoms with Crippen LogP contribution in [-0.4, -0.2) is 78.1 Å². The Hall–Kier alpha value is -1.99. The minimum atomic E-state index is -0.00243. The number of benzene rings is 1. The Morgan fingerprint density at radius 1 is 1.19 bits per heavy atom. The zero-order valence-corrected chi connectivity index (χ0v) is 16.7. The highest BCUT2D eigenvalue weighted by Crippen LogP contribution is 2.19. The van der Waals surface area contributed by atoms with Crippen molar-refractivity contribution in [3.05, 3.63) is 24.3 Å². The Bertz CT molecular complexity index is 525. The van der Waals surface area contributed by atoms with E-state index in [1.54, 1.807) is 21.3 Å². The molecule has 0 saturated heterocycles. The van der Waals surface area contributed by atoms with Crippen LogP contribution in [0.25, 0.3) is 0 Å². The predicted octanol–water partition coefficient (Wildman–Crippen LogP) is 1.60. The number of rotatable bonds is 12. The number of aliphatic imine (C=N–C) groups is 1. The van der Waals surface area contributed by atoms with Crippen molar-refractivity contribution in [2.24, 2.45) is 4.99 Å². The molecule has 1 rings (SSSR count). The molecule has 1 atom stereocenters. The second kappa shape index (κ2) is 13.2. The highest BCUT2D eigenvalue weighted by atomic mass is 16.5. The van der Waals surface area contributed by atoms with Crippen molar-refractivity contribution in [3.63, 3.8) is 0 Å². The molecule has 2 N–H and O–H groups in total. The third-order valence-corrected chi connectivity index (χ3v) is 3.83. The molecule has 1 aromatic rings. The molecule has 148 valence electrons. The Morgan fingerprint density at radius 3 is 2.65 bits per heavy atom. The second-order valence-corrected chi connectivity index (χ2v) is 6.14. The predicted molar refractivity (Wildman–Crippen MR) is 106 cm³/mol. The van der Waals surface area contributed by atoms with Gasteiger partial charge in [-0.25, -0.2) is 0 Å². The van der Waals surface area contributed by atoms with Crippen LogP contribution in [0.15, 0.2) is 29.3 Å². The third-order valence-electron chi connectivity index (χ3n) is 3.83. The maximum atomic E-state index is 5.90. The number of ether oxygens (including phenoxy) is 3. The van der Waals surface area contributed by atoms with Crippen LogP contribution in [0.4, 0.5) is 0 Å². The SMILES string of the molecule is CN=C(NCCN(C)CCCOC)NCC(C)Oc1cccc(OC)c1.